The fourth-order valence-corrected chi connectivity index (χ4v) is 2.66. The number of ether oxygens (including phenoxy) is 2. The molecule has 0 unspecified atom stereocenters. The SMILES string of the molecule is CC(C)C[C@H](OC(=O)OCc1ccccc1)C(=O)n1nnc2ccccc21. The Morgan fingerprint density at radius 2 is 1.74 bits per heavy atom. The molecular weight excluding hydrogens is 346 g/mol. The first-order valence-electron chi connectivity index (χ1n) is 8.76. The van der Waals surface area contributed by atoms with Gasteiger partial charge in [-0.3, -0.25) is 4.79 Å². The van der Waals surface area contributed by atoms with Crippen LogP contribution in [0.3, 0.4) is 0 Å². The van der Waals surface area contributed by atoms with Crippen molar-refractivity contribution in [2.24, 2.45) is 5.92 Å². The average molecular weight is 367 g/mol. The van der Waals surface area contributed by atoms with E-state index in [1.165, 1.54) is 4.68 Å². The van der Waals surface area contributed by atoms with Crippen molar-refractivity contribution in [1.82, 2.24) is 15.0 Å². The van der Waals surface area contributed by atoms with Gasteiger partial charge in [-0.1, -0.05) is 61.5 Å². The van der Waals surface area contributed by atoms with E-state index >= 15 is 0 Å². The van der Waals surface area contributed by atoms with Crippen LogP contribution < -0.4 is 0 Å². The Morgan fingerprint density at radius 3 is 2.48 bits per heavy atom. The van der Waals surface area contributed by atoms with Gasteiger partial charge in [0.25, 0.3) is 5.91 Å². The van der Waals surface area contributed by atoms with E-state index in [-0.39, 0.29) is 12.5 Å². The number of aromatic nitrogens is 3. The lowest BCUT2D eigenvalue weighted by Crippen LogP contribution is -2.33. The molecule has 140 valence electrons. The van der Waals surface area contributed by atoms with Crippen molar-refractivity contribution in [3.05, 3.63) is 60.2 Å². The van der Waals surface area contributed by atoms with Crippen molar-refractivity contribution in [1.29, 1.82) is 0 Å². The van der Waals surface area contributed by atoms with Gasteiger partial charge in [0.2, 0.25) is 0 Å². The zero-order valence-corrected chi connectivity index (χ0v) is 15.2. The summed E-state index contributed by atoms with van der Waals surface area (Å²) in [4.78, 5) is 25.0. The first-order valence-corrected chi connectivity index (χ1v) is 8.76. The fourth-order valence-electron chi connectivity index (χ4n) is 2.66. The van der Waals surface area contributed by atoms with E-state index in [9.17, 15) is 9.59 Å². The number of fused-ring (bicyclic) bond motifs is 1. The van der Waals surface area contributed by atoms with E-state index in [2.05, 4.69) is 10.3 Å². The maximum atomic E-state index is 12.9. The molecule has 0 amide bonds. The van der Waals surface area contributed by atoms with E-state index in [0.29, 0.717) is 17.5 Å². The molecule has 2 aromatic carbocycles. The molecule has 7 heteroatoms. The Labute approximate surface area is 156 Å². The molecule has 0 radical (unpaired) electrons. The lowest BCUT2D eigenvalue weighted by Gasteiger charge is -2.18. The maximum Gasteiger partial charge on any atom is 0.509 e. The zero-order valence-electron chi connectivity index (χ0n) is 15.2. The van der Waals surface area contributed by atoms with Gasteiger partial charge in [0.1, 0.15) is 12.1 Å². The van der Waals surface area contributed by atoms with Crippen LogP contribution >= 0.6 is 0 Å². The van der Waals surface area contributed by atoms with Gasteiger partial charge in [-0.05, 0) is 30.0 Å². The minimum absolute atomic E-state index is 0.0779. The molecule has 0 fully saturated rings. The second-order valence-corrected chi connectivity index (χ2v) is 6.59. The number of nitrogens with zero attached hydrogens (tertiary/aromatic N) is 3. The molecule has 7 nitrogen and oxygen atoms in total. The average Bonchev–Trinajstić information content (AvgIpc) is 3.10. The standard InChI is InChI=1S/C20H21N3O4/c1-14(2)12-18(27-20(25)26-13-15-8-4-3-5-9-15)19(24)23-17-11-7-6-10-16(17)21-22-23/h3-11,14,18H,12-13H2,1-2H3/t18-/m0/s1. The smallest absolute Gasteiger partial charge is 0.429 e. The van der Waals surface area contributed by atoms with Crippen molar-refractivity contribution in [2.75, 3.05) is 0 Å². The maximum absolute atomic E-state index is 12.9. The van der Waals surface area contributed by atoms with Gasteiger partial charge < -0.3 is 9.47 Å². The predicted octanol–water partition coefficient (Wildman–Crippen LogP) is 3.84. The minimum atomic E-state index is -1.00. The van der Waals surface area contributed by atoms with Gasteiger partial charge >= 0.3 is 6.16 Å². The highest BCUT2D eigenvalue weighted by atomic mass is 16.7. The second kappa shape index (κ2) is 8.44. The van der Waals surface area contributed by atoms with Crippen LogP contribution in [-0.2, 0) is 16.1 Å². The highest BCUT2D eigenvalue weighted by Gasteiger charge is 2.28. The number of carbonyl (C=O) groups is 2. The zero-order chi connectivity index (χ0) is 19.2. The molecule has 1 atom stereocenters. The Balaban J connectivity index is 1.71. The Bertz CT molecular complexity index is 921. The molecule has 1 heterocycles. The quantitative estimate of drug-likeness (QED) is 0.616. The third-order valence-electron chi connectivity index (χ3n) is 3.96. The summed E-state index contributed by atoms with van der Waals surface area (Å²) >= 11 is 0. The molecule has 27 heavy (non-hydrogen) atoms. The van der Waals surface area contributed by atoms with Crippen LogP contribution in [0.4, 0.5) is 4.79 Å². The van der Waals surface area contributed by atoms with Crippen LogP contribution in [0.15, 0.2) is 54.6 Å². The van der Waals surface area contributed by atoms with Crippen molar-refractivity contribution in [3.63, 3.8) is 0 Å². The largest absolute Gasteiger partial charge is 0.509 e. The molecular formula is C20H21N3O4. The lowest BCUT2D eigenvalue weighted by molar-refractivity contribution is 0.00949. The normalized spacial score (nSPS) is 12.1. The van der Waals surface area contributed by atoms with Crippen LogP contribution in [0.2, 0.25) is 0 Å². The molecule has 0 saturated heterocycles. The van der Waals surface area contributed by atoms with E-state index < -0.39 is 18.2 Å². The molecule has 0 N–H and O–H groups in total. The molecule has 3 aromatic rings. The van der Waals surface area contributed by atoms with Crippen molar-refractivity contribution in [2.45, 2.75) is 33.0 Å². The van der Waals surface area contributed by atoms with E-state index in [0.717, 1.165) is 5.56 Å². The summed E-state index contributed by atoms with van der Waals surface area (Å²) in [5.74, 6) is -0.315. The Kier molecular flexibility index (Phi) is 5.80. The first kappa shape index (κ1) is 18.6. The lowest BCUT2D eigenvalue weighted by atomic mass is 10.1. The number of hydrogen-bond acceptors (Lipinski definition) is 6. The summed E-state index contributed by atoms with van der Waals surface area (Å²) < 4.78 is 11.6. The Hall–Kier alpha value is -3.22. The molecule has 0 aliphatic carbocycles. The molecule has 1 aromatic heterocycles. The summed E-state index contributed by atoms with van der Waals surface area (Å²) in [5, 5.41) is 7.89. The third-order valence-corrected chi connectivity index (χ3v) is 3.96. The van der Waals surface area contributed by atoms with E-state index in [1.807, 2.05) is 50.2 Å². The molecule has 0 spiro atoms. The summed E-state index contributed by atoms with van der Waals surface area (Å²) in [7, 11) is 0. The predicted molar refractivity (Wildman–Crippen MR) is 99.1 cm³/mol. The van der Waals surface area contributed by atoms with Crippen LogP contribution in [0.25, 0.3) is 11.0 Å². The van der Waals surface area contributed by atoms with Gasteiger partial charge in [-0.15, -0.1) is 5.10 Å². The monoisotopic (exact) mass is 367 g/mol. The van der Waals surface area contributed by atoms with Crippen molar-refractivity contribution in [3.8, 4) is 0 Å². The molecule has 0 aliphatic heterocycles. The molecule has 0 aliphatic rings. The van der Waals surface area contributed by atoms with Gasteiger partial charge in [0.15, 0.2) is 6.10 Å². The molecule has 0 saturated carbocycles. The summed E-state index contributed by atoms with van der Waals surface area (Å²) in [6.07, 6.45) is -1.53. The number of carbonyl (C=O) groups excluding carboxylic acids is 2. The van der Waals surface area contributed by atoms with E-state index in [1.54, 1.807) is 18.2 Å². The number of hydrogen-bond donors (Lipinski definition) is 0. The van der Waals surface area contributed by atoms with Crippen LogP contribution in [-0.4, -0.2) is 33.2 Å². The highest BCUT2D eigenvalue weighted by molar-refractivity contribution is 5.92. The summed E-state index contributed by atoms with van der Waals surface area (Å²) in [5.41, 5.74) is 2.00. The number of benzene rings is 2. The van der Waals surface area contributed by atoms with Gasteiger partial charge in [-0.2, -0.15) is 4.68 Å². The first-order chi connectivity index (χ1) is 13.0. The third kappa shape index (κ3) is 4.69. The van der Waals surface area contributed by atoms with Crippen molar-refractivity contribution >= 4 is 23.1 Å². The van der Waals surface area contributed by atoms with Crippen LogP contribution in [0, 0.1) is 5.92 Å². The van der Waals surface area contributed by atoms with E-state index in [4.69, 9.17) is 9.47 Å². The van der Waals surface area contributed by atoms with Gasteiger partial charge in [0, 0.05) is 0 Å². The molecule has 0 bridgehead atoms. The number of para-hydroxylation sites is 1. The van der Waals surface area contributed by atoms with Crippen molar-refractivity contribution < 1.29 is 19.1 Å². The summed E-state index contributed by atoms with van der Waals surface area (Å²) in [6.45, 7) is 3.96. The van der Waals surface area contributed by atoms with Gasteiger partial charge in [-0.25, -0.2) is 4.79 Å². The Morgan fingerprint density at radius 1 is 1.04 bits per heavy atom. The van der Waals surface area contributed by atoms with Gasteiger partial charge in [0.05, 0.1) is 5.52 Å². The topological polar surface area (TPSA) is 83.3 Å². The highest BCUT2D eigenvalue weighted by Crippen LogP contribution is 2.16. The molecule has 3 rings (SSSR count). The second-order valence-electron chi connectivity index (χ2n) is 6.59. The fraction of sp³-hybridized carbons (Fsp3) is 0.300. The van der Waals surface area contributed by atoms with Crippen LogP contribution in [0.5, 0.6) is 0 Å². The minimum Gasteiger partial charge on any atom is -0.429 e. The summed E-state index contributed by atoms with van der Waals surface area (Å²) in [6, 6.07) is 16.4. The van der Waals surface area contributed by atoms with Crippen LogP contribution in [0.1, 0.15) is 30.6 Å². The number of rotatable bonds is 6.